The first-order valence-corrected chi connectivity index (χ1v) is 10.0. The van der Waals surface area contributed by atoms with Crippen molar-refractivity contribution in [2.45, 2.75) is 31.9 Å². The van der Waals surface area contributed by atoms with Crippen molar-refractivity contribution >= 4 is 12.1 Å². The van der Waals surface area contributed by atoms with E-state index < -0.39 is 30.8 Å². The van der Waals surface area contributed by atoms with Crippen molar-refractivity contribution in [2.24, 2.45) is 5.92 Å². The maximum Gasteiger partial charge on any atom is 0.407 e. The number of hydrogen-bond acceptors (Lipinski definition) is 5. The summed E-state index contributed by atoms with van der Waals surface area (Å²) in [4.78, 5) is 24.1. The first kappa shape index (κ1) is 21.6. The summed E-state index contributed by atoms with van der Waals surface area (Å²) in [6.45, 7) is 6.83. The van der Waals surface area contributed by atoms with Crippen LogP contribution in [0.5, 0.6) is 0 Å². The average Bonchev–Trinajstić information content (AvgIpc) is 3.08. The highest BCUT2D eigenvalue weighted by atomic mass is 16.6. The van der Waals surface area contributed by atoms with E-state index in [1.165, 1.54) is 0 Å². The number of nitrogens with one attached hydrogen (secondary N) is 1. The highest BCUT2D eigenvalue weighted by molar-refractivity contribution is 5.81. The molecule has 0 aromatic heterocycles. The molecule has 0 spiro atoms. The molecule has 2 atom stereocenters. The van der Waals surface area contributed by atoms with Crippen molar-refractivity contribution in [3.63, 3.8) is 0 Å². The third kappa shape index (κ3) is 4.54. The molecule has 0 bridgehead atoms. The average molecular weight is 409 g/mol. The molecule has 1 aliphatic rings. The third-order valence-electron chi connectivity index (χ3n) is 5.32. The van der Waals surface area contributed by atoms with Gasteiger partial charge in [-0.15, -0.1) is 0 Å². The molecule has 1 aliphatic carbocycles. The highest BCUT2D eigenvalue weighted by Crippen LogP contribution is 2.44. The Bertz CT molecular complexity index is 878. The predicted molar refractivity (Wildman–Crippen MR) is 114 cm³/mol. The Hall–Kier alpha value is -3.12. The van der Waals surface area contributed by atoms with E-state index in [2.05, 4.69) is 24.0 Å². The summed E-state index contributed by atoms with van der Waals surface area (Å²) >= 11 is 0. The smallest absolute Gasteiger partial charge is 0.407 e. The summed E-state index contributed by atoms with van der Waals surface area (Å²) in [5.74, 6) is -0.795. The van der Waals surface area contributed by atoms with Gasteiger partial charge in [-0.05, 0) is 28.2 Å². The molecule has 0 saturated heterocycles. The standard InChI is InChI=1S/C24H27NO5/c1-4-22(27)30-23(15(2)3)21(13-26)25-24(28)29-14-20-18-11-7-5-9-16(18)17-10-6-8-12-19(17)20/h4-12,15,20-21,23,26H,1,13-14H2,2-3H3,(H,25,28)/t21-,23+/m1/s1. The minimum Gasteiger partial charge on any atom is -0.457 e. The molecule has 1 amide bonds. The first-order chi connectivity index (χ1) is 14.5. The topological polar surface area (TPSA) is 84.9 Å². The zero-order valence-electron chi connectivity index (χ0n) is 17.2. The summed E-state index contributed by atoms with van der Waals surface area (Å²) in [5, 5.41) is 12.4. The molecule has 2 aromatic rings. The zero-order valence-corrected chi connectivity index (χ0v) is 17.2. The van der Waals surface area contributed by atoms with E-state index >= 15 is 0 Å². The summed E-state index contributed by atoms with van der Waals surface area (Å²) in [6, 6.07) is 15.4. The molecule has 30 heavy (non-hydrogen) atoms. The van der Waals surface area contributed by atoms with E-state index in [0.717, 1.165) is 28.3 Å². The number of aliphatic hydroxyl groups excluding tert-OH is 1. The second-order valence-electron chi connectivity index (χ2n) is 7.61. The van der Waals surface area contributed by atoms with Gasteiger partial charge in [0.15, 0.2) is 0 Å². The fraction of sp³-hybridized carbons (Fsp3) is 0.333. The van der Waals surface area contributed by atoms with Gasteiger partial charge < -0.3 is 19.9 Å². The van der Waals surface area contributed by atoms with Gasteiger partial charge in [0.1, 0.15) is 12.7 Å². The molecule has 0 aliphatic heterocycles. The number of esters is 1. The number of benzene rings is 2. The third-order valence-corrected chi connectivity index (χ3v) is 5.32. The first-order valence-electron chi connectivity index (χ1n) is 10.0. The second-order valence-corrected chi connectivity index (χ2v) is 7.61. The quantitative estimate of drug-likeness (QED) is 0.514. The van der Waals surface area contributed by atoms with E-state index in [1.54, 1.807) is 0 Å². The maximum atomic E-state index is 12.5. The van der Waals surface area contributed by atoms with E-state index in [-0.39, 0.29) is 18.4 Å². The molecule has 2 N–H and O–H groups in total. The second kappa shape index (κ2) is 9.59. The molecule has 0 radical (unpaired) electrons. The van der Waals surface area contributed by atoms with Crippen molar-refractivity contribution in [1.29, 1.82) is 0 Å². The van der Waals surface area contributed by atoms with Crippen LogP contribution < -0.4 is 5.32 Å². The molecule has 0 heterocycles. The van der Waals surface area contributed by atoms with Crippen LogP contribution in [0, 0.1) is 5.92 Å². The number of hydrogen-bond donors (Lipinski definition) is 2. The normalized spacial score (nSPS) is 14.4. The Morgan fingerprint density at radius 1 is 1.10 bits per heavy atom. The number of amides is 1. The molecule has 0 fully saturated rings. The minimum absolute atomic E-state index is 0.0600. The number of ether oxygens (including phenoxy) is 2. The van der Waals surface area contributed by atoms with Crippen LogP contribution in [-0.4, -0.2) is 42.5 Å². The van der Waals surface area contributed by atoms with Crippen LogP contribution in [0.1, 0.15) is 30.9 Å². The Kier molecular flexibility index (Phi) is 6.90. The summed E-state index contributed by atoms with van der Waals surface area (Å²) in [5.41, 5.74) is 4.52. The van der Waals surface area contributed by atoms with Gasteiger partial charge in [-0.25, -0.2) is 9.59 Å². The van der Waals surface area contributed by atoms with E-state index in [1.807, 2.05) is 50.2 Å². The van der Waals surface area contributed by atoms with Gasteiger partial charge >= 0.3 is 12.1 Å². The van der Waals surface area contributed by atoms with Gasteiger partial charge in [0.25, 0.3) is 0 Å². The fourth-order valence-corrected chi connectivity index (χ4v) is 3.89. The Balaban J connectivity index is 1.68. The van der Waals surface area contributed by atoms with Crippen LogP contribution in [0.4, 0.5) is 4.79 Å². The Labute approximate surface area is 176 Å². The monoisotopic (exact) mass is 409 g/mol. The summed E-state index contributed by atoms with van der Waals surface area (Å²) < 4.78 is 10.8. The lowest BCUT2D eigenvalue weighted by Gasteiger charge is -2.28. The van der Waals surface area contributed by atoms with Gasteiger partial charge in [0, 0.05) is 12.0 Å². The van der Waals surface area contributed by atoms with Crippen molar-refractivity contribution in [3.8, 4) is 11.1 Å². The van der Waals surface area contributed by atoms with Gasteiger partial charge in [-0.1, -0.05) is 69.0 Å². The molecular weight excluding hydrogens is 382 g/mol. The fourth-order valence-electron chi connectivity index (χ4n) is 3.89. The van der Waals surface area contributed by atoms with Crippen molar-refractivity contribution in [2.75, 3.05) is 13.2 Å². The van der Waals surface area contributed by atoms with Crippen LogP contribution in [0.2, 0.25) is 0 Å². The Morgan fingerprint density at radius 2 is 1.67 bits per heavy atom. The number of rotatable bonds is 8. The number of carbonyl (C=O) groups excluding carboxylic acids is 2. The van der Waals surface area contributed by atoms with E-state index in [9.17, 15) is 14.7 Å². The molecule has 158 valence electrons. The van der Waals surface area contributed by atoms with Gasteiger partial charge in [-0.3, -0.25) is 0 Å². The molecule has 6 heteroatoms. The SMILES string of the molecule is C=CC(=O)O[C@@H](C(C)C)[C@@H](CO)NC(=O)OCC1c2ccccc2-c2ccccc21. The summed E-state index contributed by atoms with van der Waals surface area (Å²) in [6.07, 6.45) is -0.325. The lowest BCUT2D eigenvalue weighted by molar-refractivity contribution is -0.147. The largest absolute Gasteiger partial charge is 0.457 e. The number of aliphatic hydroxyl groups is 1. The molecule has 3 rings (SSSR count). The molecule has 6 nitrogen and oxygen atoms in total. The number of carbonyl (C=O) groups is 2. The Morgan fingerprint density at radius 3 is 2.17 bits per heavy atom. The molecule has 0 unspecified atom stereocenters. The van der Waals surface area contributed by atoms with Gasteiger partial charge in [-0.2, -0.15) is 0 Å². The molecule has 0 saturated carbocycles. The van der Waals surface area contributed by atoms with Crippen LogP contribution in [0.3, 0.4) is 0 Å². The number of alkyl carbamates (subject to hydrolysis) is 1. The van der Waals surface area contributed by atoms with Gasteiger partial charge in [0.05, 0.1) is 12.6 Å². The lowest BCUT2D eigenvalue weighted by atomic mass is 9.98. The van der Waals surface area contributed by atoms with Crippen LogP contribution in [-0.2, 0) is 14.3 Å². The van der Waals surface area contributed by atoms with E-state index in [4.69, 9.17) is 9.47 Å². The number of fused-ring (bicyclic) bond motifs is 3. The van der Waals surface area contributed by atoms with Crippen LogP contribution >= 0.6 is 0 Å². The maximum absolute atomic E-state index is 12.5. The zero-order chi connectivity index (χ0) is 21.7. The minimum atomic E-state index is -0.787. The predicted octanol–water partition coefficient (Wildman–Crippen LogP) is 3.64. The van der Waals surface area contributed by atoms with Crippen LogP contribution in [0.25, 0.3) is 11.1 Å². The molecule has 2 aromatic carbocycles. The molecular formula is C24H27NO5. The van der Waals surface area contributed by atoms with Crippen molar-refractivity contribution in [1.82, 2.24) is 5.32 Å². The highest BCUT2D eigenvalue weighted by Gasteiger charge is 2.31. The van der Waals surface area contributed by atoms with Crippen molar-refractivity contribution < 1.29 is 24.2 Å². The summed E-state index contributed by atoms with van der Waals surface area (Å²) in [7, 11) is 0. The van der Waals surface area contributed by atoms with Crippen LogP contribution in [0.15, 0.2) is 61.2 Å². The lowest BCUT2D eigenvalue weighted by Crippen LogP contribution is -2.50. The van der Waals surface area contributed by atoms with Crippen molar-refractivity contribution in [3.05, 3.63) is 72.3 Å². The van der Waals surface area contributed by atoms with E-state index in [0.29, 0.717) is 0 Å². The van der Waals surface area contributed by atoms with Gasteiger partial charge in [0.2, 0.25) is 0 Å².